The lowest BCUT2D eigenvalue weighted by molar-refractivity contribution is -0.689. The Bertz CT molecular complexity index is 1030. The Kier molecular flexibility index (Phi) is 4.20. The first kappa shape index (κ1) is 17.1. The van der Waals surface area contributed by atoms with E-state index >= 15 is 0 Å². The molecule has 0 amide bonds. The SMILES string of the molecule is CC[n+]1c(O)c(-c2ccccc2)c(=O)n2c1N(C)CC2c1cnc(Cl)s1. The molecule has 0 spiro atoms. The summed E-state index contributed by atoms with van der Waals surface area (Å²) in [6, 6.07) is 9.08. The molecular weight excluding hydrogens is 372 g/mol. The minimum Gasteiger partial charge on any atom is -0.483 e. The van der Waals surface area contributed by atoms with Crippen LogP contribution in [0.1, 0.15) is 17.8 Å². The van der Waals surface area contributed by atoms with Gasteiger partial charge in [-0.15, -0.1) is 11.3 Å². The Morgan fingerprint density at radius 3 is 2.73 bits per heavy atom. The monoisotopic (exact) mass is 389 g/mol. The number of benzene rings is 1. The fraction of sp³-hybridized carbons (Fsp3) is 0.278. The lowest BCUT2D eigenvalue weighted by atomic mass is 10.1. The van der Waals surface area contributed by atoms with Crippen molar-refractivity contribution in [3.63, 3.8) is 0 Å². The maximum atomic E-state index is 13.4. The van der Waals surface area contributed by atoms with Gasteiger partial charge in [0.25, 0.3) is 5.88 Å². The number of likely N-dealkylation sites (N-methyl/N-ethyl adjacent to an activating group) is 1. The first-order valence-corrected chi connectivity index (χ1v) is 9.51. The van der Waals surface area contributed by atoms with Crippen LogP contribution in [0, 0.1) is 0 Å². The van der Waals surface area contributed by atoms with Crippen molar-refractivity contribution in [2.24, 2.45) is 0 Å². The van der Waals surface area contributed by atoms with Crippen LogP contribution >= 0.6 is 22.9 Å². The van der Waals surface area contributed by atoms with Gasteiger partial charge in [-0.1, -0.05) is 41.9 Å². The quantitative estimate of drug-likeness (QED) is 0.699. The van der Waals surface area contributed by atoms with E-state index in [1.807, 2.05) is 49.2 Å². The summed E-state index contributed by atoms with van der Waals surface area (Å²) in [6.45, 7) is 3.11. The van der Waals surface area contributed by atoms with E-state index in [1.165, 1.54) is 11.3 Å². The van der Waals surface area contributed by atoms with Gasteiger partial charge >= 0.3 is 11.5 Å². The Morgan fingerprint density at radius 2 is 2.12 bits per heavy atom. The fourth-order valence-electron chi connectivity index (χ4n) is 3.54. The van der Waals surface area contributed by atoms with Crippen molar-refractivity contribution in [3.05, 3.63) is 56.2 Å². The van der Waals surface area contributed by atoms with Crippen LogP contribution in [0.15, 0.2) is 41.3 Å². The molecule has 6 nitrogen and oxygen atoms in total. The van der Waals surface area contributed by atoms with Crippen LogP contribution in [-0.4, -0.2) is 28.3 Å². The van der Waals surface area contributed by atoms with Gasteiger partial charge in [-0.3, -0.25) is 4.90 Å². The zero-order valence-electron chi connectivity index (χ0n) is 14.4. The molecule has 1 aromatic carbocycles. The van der Waals surface area contributed by atoms with Gasteiger partial charge in [0.1, 0.15) is 12.1 Å². The third-order valence-corrected chi connectivity index (χ3v) is 5.89. The summed E-state index contributed by atoms with van der Waals surface area (Å²) in [5, 5.41) is 10.9. The van der Waals surface area contributed by atoms with E-state index in [0.29, 0.717) is 34.6 Å². The van der Waals surface area contributed by atoms with Crippen molar-refractivity contribution in [3.8, 4) is 17.0 Å². The number of nitrogens with zero attached hydrogens (tertiary/aromatic N) is 4. The zero-order valence-corrected chi connectivity index (χ0v) is 16.0. The zero-order chi connectivity index (χ0) is 18.4. The average molecular weight is 390 g/mol. The molecule has 1 unspecified atom stereocenters. The third kappa shape index (κ3) is 2.50. The highest BCUT2D eigenvalue weighted by Crippen LogP contribution is 2.35. The van der Waals surface area contributed by atoms with E-state index < -0.39 is 0 Å². The lowest BCUT2D eigenvalue weighted by Crippen LogP contribution is -2.44. The maximum absolute atomic E-state index is 13.4. The number of hydrogen-bond donors (Lipinski definition) is 1. The van der Waals surface area contributed by atoms with Crippen LogP contribution in [-0.2, 0) is 6.54 Å². The van der Waals surface area contributed by atoms with E-state index in [9.17, 15) is 9.90 Å². The average Bonchev–Trinajstić information content (AvgIpc) is 3.20. The van der Waals surface area contributed by atoms with Crippen molar-refractivity contribution < 1.29 is 9.67 Å². The molecule has 134 valence electrons. The van der Waals surface area contributed by atoms with Crippen LogP contribution in [0.5, 0.6) is 5.88 Å². The van der Waals surface area contributed by atoms with E-state index in [4.69, 9.17) is 11.6 Å². The number of rotatable bonds is 3. The first-order chi connectivity index (χ1) is 12.5. The van der Waals surface area contributed by atoms with E-state index in [0.717, 1.165) is 4.88 Å². The number of anilines is 1. The molecular formula is C18H18ClN4O2S+. The summed E-state index contributed by atoms with van der Waals surface area (Å²) in [5.74, 6) is 0.675. The molecule has 3 heterocycles. The minimum absolute atomic E-state index is 0.00946. The summed E-state index contributed by atoms with van der Waals surface area (Å²) in [7, 11) is 1.92. The molecule has 0 bridgehead atoms. The Labute approximate surface area is 159 Å². The number of fused-ring (bicyclic) bond motifs is 1. The van der Waals surface area contributed by atoms with Crippen molar-refractivity contribution in [1.82, 2.24) is 9.55 Å². The van der Waals surface area contributed by atoms with Gasteiger partial charge in [0.05, 0.1) is 18.5 Å². The normalized spacial score (nSPS) is 16.1. The smallest absolute Gasteiger partial charge is 0.366 e. The summed E-state index contributed by atoms with van der Waals surface area (Å²) in [4.78, 5) is 20.4. The largest absolute Gasteiger partial charge is 0.483 e. The summed E-state index contributed by atoms with van der Waals surface area (Å²) in [6.07, 6.45) is 1.72. The summed E-state index contributed by atoms with van der Waals surface area (Å²) in [5.41, 5.74) is 0.794. The lowest BCUT2D eigenvalue weighted by Gasteiger charge is -2.14. The summed E-state index contributed by atoms with van der Waals surface area (Å²) >= 11 is 7.39. The Morgan fingerprint density at radius 1 is 1.38 bits per heavy atom. The van der Waals surface area contributed by atoms with Crippen LogP contribution in [0.4, 0.5) is 5.95 Å². The molecule has 0 saturated carbocycles. The number of aromatic hydroxyl groups is 1. The first-order valence-electron chi connectivity index (χ1n) is 8.32. The molecule has 0 saturated heterocycles. The van der Waals surface area contributed by atoms with Gasteiger partial charge in [0, 0.05) is 6.20 Å². The summed E-state index contributed by atoms with van der Waals surface area (Å²) < 4.78 is 3.97. The number of halogens is 1. The van der Waals surface area contributed by atoms with E-state index in [-0.39, 0.29) is 17.5 Å². The van der Waals surface area contributed by atoms with Crippen molar-refractivity contribution in [2.75, 3.05) is 18.5 Å². The minimum atomic E-state index is -0.215. The standard InChI is InChI=1S/C18H17ClN4O2S/c1-3-22-15(24)14(11-7-5-4-6-8-11)16(25)23-12(10-21(2)18(22)23)13-9-20-17(19)26-13/h4-9,12H,3,10H2,1-2H3/p+1. The highest BCUT2D eigenvalue weighted by atomic mass is 35.5. The third-order valence-electron chi connectivity index (χ3n) is 4.67. The van der Waals surface area contributed by atoms with Gasteiger partial charge in [-0.05, 0) is 12.5 Å². The predicted octanol–water partition coefficient (Wildman–Crippen LogP) is 2.68. The Balaban J connectivity index is 2.03. The highest BCUT2D eigenvalue weighted by molar-refractivity contribution is 7.15. The molecule has 26 heavy (non-hydrogen) atoms. The van der Waals surface area contributed by atoms with Crippen LogP contribution in [0.2, 0.25) is 4.47 Å². The van der Waals surface area contributed by atoms with E-state index in [1.54, 1.807) is 15.3 Å². The second kappa shape index (κ2) is 6.41. The van der Waals surface area contributed by atoms with Crippen molar-refractivity contribution in [1.29, 1.82) is 0 Å². The molecule has 2 aromatic heterocycles. The molecule has 1 aliphatic heterocycles. The molecule has 4 rings (SSSR count). The number of hydrogen-bond acceptors (Lipinski definition) is 5. The molecule has 1 N–H and O–H groups in total. The highest BCUT2D eigenvalue weighted by Gasteiger charge is 2.42. The van der Waals surface area contributed by atoms with Gasteiger partial charge in [0.15, 0.2) is 10.5 Å². The molecule has 3 aromatic rings. The number of thiazole rings is 1. The topological polar surface area (TPSA) is 62.2 Å². The van der Waals surface area contributed by atoms with Gasteiger partial charge < -0.3 is 5.11 Å². The molecule has 0 aliphatic carbocycles. The van der Waals surface area contributed by atoms with Crippen LogP contribution in [0.25, 0.3) is 11.1 Å². The number of aromatic nitrogens is 3. The second-order valence-electron chi connectivity index (χ2n) is 6.20. The van der Waals surface area contributed by atoms with Crippen LogP contribution < -0.4 is 15.0 Å². The Hall–Kier alpha value is -2.38. The molecule has 1 atom stereocenters. The van der Waals surface area contributed by atoms with Crippen molar-refractivity contribution >= 4 is 28.9 Å². The van der Waals surface area contributed by atoms with Gasteiger partial charge in [-0.25, -0.2) is 14.3 Å². The molecule has 0 fully saturated rings. The van der Waals surface area contributed by atoms with Crippen LogP contribution in [0.3, 0.4) is 0 Å². The molecule has 0 radical (unpaired) electrons. The molecule has 1 aliphatic rings. The van der Waals surface area contributed by atoms with Gasteiger partial charge in [-0.2, -0.15) is 4.57 Å². The molecule has 8 heteroatoms. The fourth-order valence-corrected chi connectivity index (χ4v) is 4.58. The predicted molar refractivity (Wildman–Crippen MR) is 102 cm³/mol. The van der Waals surface area contributed by atoms with Crippen molar-refractivity contribution in [2.45, 2.75) is 19.5 Å². The second-order valence-corrected chi connectivity index (χ2v) is 7.84. The van der Waals surface area contributed by atoms with E-state index in [2.05, 4.69) is 4.98 Å². The van der Waals surface area contributed by atoms with Gasteiger partial charge in [0.2, 0.25) is 0 Å². The maximum Gasteiger partial charge on any atom is 0.366 e.